The van der Waals surface area contributed by atoms with E-state index in [9.17, 15) is 13.2 Å². The molecule has 8 heteroatoms. The highest BCUT2D eigenvalue weighted by Gasteiger charge is 2.13. The van der Waals surface area contributed by atoms with Crippen molar-refractivity contribution in [2.75, 3.05) is 19.7 Å². The molecule has 0 saturated heterocycles. The molecule has 0 aromatic heterocycles. The molecular weight excluding hydrogens is 234 g/mol. The number of hydrogen-bond acceptors (Lipinski definition) is 5. The maximum Gasteiger partial charge on any atom is 0.421 e. The van der Waals surface area contributed by atoms with E-state index in [4.69, 9.17) is 0 Å². The first kappa shape index (κ1) is 15.1. The monoisotopic (exact) mass is 253 g/mol. The topological polar surface area (TPSA) is 96.5 Å². The van der Waals surface area contributed by atoms with Crippen molar-refractivity contribution in [2.45, 2.75) is 26.8 Å². The van der Waals surface area contributed by atoms with E-state index in [2.05, 4.69) is 14.8 Å². The Morgan fingerprint density at radius 3 is 2.44 bits per heavy atom. The third kappa shape index (κ3) is 8.45. The number of nitrogens with one attached hydrogen (secondary N) is 3. The lowest BCUT2D eigenvalue weighted by molar-refractivity contribution is 0.158. The summed E-state index contributed by atoms with van der Waals surface area (Å²) in [5.41, 5.74) is 0. The maximum absolute atomic E-state index is 11.2. The SMILES string of the molecule is CCOC(=O)NS(=O)(=O)NCCNC(C)C. The molecule has 0 saturated carbocycles. The lowest BCUT2D eigenvalue weighted by atomic mass is 10.4. The van der Waals surface area contributed by atoms with Crippen molar-refractivity contribution in [3.63, 3.8) is 0 Å². The molecule has 0 aliphatic heterocycles. The molecule has 0 aromatic rings. The van der Waals surface area contributed by atoms with Crippen LogP contribution in [-0.2, 0) is 14.9 Å². The minimum absolute atomic E-state index is 0.121. The number of carbonyl (C=O) groups is 1. The van der Waals surface area contributed by atoms with E-state index in [1.165, 1.54) is 0 Å². The number of rotatable bonds is 7. The van der Waals surface area contributed by atoms with Gasteiger partial charge in [0.1, 0.15) is 0 Å². The van der Waals surface area contributed by atoms with Gasteiger partial charge in [-0.1, -0.05) is 13.8 Å². The second-order valence-electron chi connectivity index (χ2n) is 3.33. The van der Waals surface area contributed by atoms with Crippen LogP contribution in [0.15, 0.2) is 0 Å². The summed E-state index contributed by atoms with van der Waals surface area (Å²) in [6.45, 7) is 6.30. The quantitative estimate of drug-likeness (QED) is 0.535. The van der Waals surface area contributed by atoms with Gasteiger partial charge in [-0.05, 0) is 6.92 Å². The van der Waals surface area contributed by atoms with E-state index in [0.717, 1.165) is 0 Å². The van der Waals surface area contributed by atoms with Gasteiger partial charge in [-0.2, -0.15) is 13.1 Å². The molecule has 0 aliphatic rings. The molecule has 16 heavy (non-hydrogen) atoms. The molecule has 0 rings (SSSR count). The third-order valence-corrected chi connectivity index (χ3v) is 2.48. The molecule has 0 radical (unpaired) electrons. The van der Waals surface area contributed by atoms with E-state index in [-0.39, 0.29) is 19.2 Å². The predicted octanol–water partition coefficient (Wildman–Crippen LogP) is -0.435. The number of hydrogen-bond donors (Lipinski definition) is 3. The molecule has 3 N–H and O–H groups in total. The van der Waals surface area contributed by atoms with Crippen LogP contribution in [0.3, 0.4) is 0 Å². The highest BCUT2D eigenvalue weighted by molar-refractivity contribution is 7.88. The Labute approximate surface area is 96.1 Å². The zero-order valence-corrected chi connectivity index (χ0v) is 10.6. The minimum Gasteiger partial charge on any atom is -0.449 e. The van der Waals surface area contributed by atoms with Gasteiger partial charge in [0.25, 0.3) is 0 Å². The van der Waals surface area contributed by atoms with Crippen molar-refractivity contribution in [2.24, 2.45) is 0 Å². The summed E-state index contributed by atoms with van der Waals surface area (Å²) < 4.78 is 30.8. The molecule has 7 nitrogen and oxygen atoms in total. The van der Waals surface area contributed by atoms with Crippen LogP contribution in [0.4, 0.5) is 4.79 Å². The van der Waals surface area contributed by atoms with Gasteiger partial charge in [0.05, 0.1) is 6.61 Å². The fourth-order valence-corrected chi connectivity index (χ4v) is 1.57. The zero-order valence-electron chi connectivity index (χ0n) is 9.74. The van der Waals surface area contributed by atoms with Crippen molar-refractivity contribution >= 4 is 16.3 Å². The van der Waals surface area contributed by atoms with Crippen LogP contribution in [0.1, 0.15) is 20.8 Å². The number of amides is 1. The van der Waals surface area contributed by atoms with Crippen LogP contribution in [0.2, 0.25) is 0 Å². The summed E-state index contributed by atoms with van der Waals surface area (Å²) in [4.78, 5) is 10.8. The van der Waals surface area contributed by atoms with Crippen molar-refractivity contribution in [3.05, 3.63) is 0 Å². The highest BCUT2D eigenvalue weighted by Crippen LogP contribution is 1.82. The molecule has 0 fully saturated rings. The summed E-state index contributed by atoms with van der Waals surface area (Å²) in [5.74, 6) is 0. The van der Waals surface area contributed by atoms with Gasteiger partial charge in [-0.25, -0.2) is 9.52 Å². The van der Waals surface area contributed by atoms with Crippen molar-refractivity contribution in [1.82, 2.24) is 14.8 Å². The Morgan fingerprint density at radius 1 is 1.31 bits per heavy atom. The molecule has 96 valence electrons. The average molecular weight is 253 g/mol. The zero-order chi connectivity index (χ0) is 12.6. The molecule has 0 bridgehead atoms. The van der Waals surface area contributed by atoms with Gasteiger partial charge in [0.2, 0.25) is 0 Å². The third-order valence-electron chi connectivity index (χ3n) is 1.46. The Hall–Kier alpha value is -0.860. The van der Waals surface area contributed by atoms with Gasteiger partial charge < -0.3 is 10.1 Å². The summed E-state index contributed by atoms with van der Waals surface area (Å²) >= 11 is 0. The molecule has 0 aliphatic carbocycles. The molecule has 0 heterocycles. The number of ether oxygens (including phenoxy) is 1. The molecule has 0 spiro atoms. The van der Waals surface area contributed by atoms with E-state index < -0.39 is 16.3 Å². The van der Waals surface area contributed by atoms with Crippen LogP contribution in [-0.4, -0.2) is 40.2 Å². The number of carbonyl (C=O) groups excluding carboxylic acids is 1. The summed E-state index contributed by atoms with van der Waals surface area (Å²) in [7, 11) is -3.82. The Balaban J connectivity index is 3.83. The Bertz CT molecular complexity index is 302. The van der Waals surface area contributed by atoms with Crippen LogP contribution < -0.4 is 14.8 Å². The van der Waals surface area contributed by atoms with Gasteiger partial charge in [-0.3, -0.25) is 0 Å². The first-order valence-electron chi connectivity index (χ1n) is 5.05. The van der Waals surface area contributed by atoms with Crippen molar-refractivity contribution in [1.29, 1.82) is 0 Å². The van der Waals surface area contributed by atoms with E-state index in [1.54, 1.807) is 11.6 Å². The lowest BCUT2D eigenvalue weighted by Crippen LogP contribution is -2.43. The second-order valence-corrected chi connectivity index (χ2v) is 4.83. The first-order chi connectivity index (χ1) is 7.37. The van der Waals surface area contributed by atoms with Crippen LogP contribution >= 0.6 is 0 Å². The van der Waals surface area contributed by atoms with Gasteiger partial charge in [0.15, 0.2) is 0 Å². The van der Waals surface area contributed by atoms with E-state index in [0.29, 0.717) is 6.54 Å². The van der Waals surface area contributed by atoms with E-state index >= 15 is 0 Å². The molecule has 0 unspecified atom stereocenters. The minimum atomic E-state index is -3.82. The Morgan fingerprint density at radius 2 is 1.94 bits per heavy atom. The largest absolute Gasteiger partial charge is 0.449 e. The predicted molar refractivity (Wildman–Crippen MR) is 60.2 cm³/mol. The fourth-order valence-electron chi connectivity index (χ4n) is 0.853. The molecule has 1 amide bonds. The van der Waals surface area contributed by atoms with Gasteiger partial charge in [-0.15, -0.1) is 0 Å². The van der Waals surface area contributed by atoms with Gasteiger partial charge >= 0.3 is 16.3 Å². The van der Waals surface area contributed by atoms with E-state index in [1.807, 2.05) is 13.8 Å². The average Bonchev–Trinajstić information content (AvgIpc) is 2.11. The molecular formula is C8H19N3O4S. The fraction of sp³-hybridized carbons (Fsp3) is 0.875. The standard InChI is InChI=1S/C8H19N3O4S/c1-4-15-8(12)11-16(13,14)10-6-5-9-7(2)3/h7,9-10H,4-6H2,1-3H3,(H,11,12). The van der Waals surface area contributed by atoms with Crippen molar-refractivity contribution < 1.29 is 17.9 Å². The van der Waals surface area contributed by atoms with Crippen LogP contribution in [0.5, 0.6) is 0 Å². The van der Waals surface area contributed by atoms with Gasteiger partial charge in [0, 0.05) is 19.1 Å². The summed E-state index contributed by atoms with van der Waals surface area (Å²) in [6.07, 6.45) is -0.980. The summed E-state index contributed by atoms with van der Waals surface area (Å²) in [6, 6.07) is 0.280. The van der Waals surface area contributed by atoms with Crippen LogP contribution in [0, 0.1) is 0 Å². The highest BCUT2D eigenvalue weighted by atomic mass is 32.2. The molecule has 0 aromatic carbocycles. The smallest absolute Gasteiger partial charge is 0.421 e. The summed E-state index contributed by atoms with van der Waals surface area (Å²) in [5, 5.41) is 3.03. The molecule has 0 atom stereocenters. The first-order valence-corrected chi connectivity index (χ1v) is 6.53. The normalized spacial score (nSPS) is 11.5. The maximum atomic E-state index is 11.2. The lowest BCUT2D eigenvalue weighted by Gasteiger charge is -2.10. The Kier molecular flexibility index (Phi) is 7.02. The second kappa shape index (κ2) is 7.42. The van der Waals surface area contributed by atoms with Crippen LogP contribution in [0.25, 0.3) is 0 Å². The van der Waals surface area contributed by atoms with Crippen molar-refractivity contribution in [3.8, 4) is 0 Å².